The van der Waals surface area contributed by atoms with E-state index in [2.05, 4.69) is 5.32 Å². The van der Waals surface area contributed by atoms with Gasteiger partial charge in [0.25, 0.3) is 5.91 Å². The number of nitrogens with one attached hydrogen (secondary N) is 1. The standard InChI is InChI=1S/C22H18ClNO3/c1-27-19-13-9-15(10-14-19)20(21(25)16-7-11-18(23)12-8-16)24-22(26)17-5-3-2-4-6-17/h2-14,20H,1H3,(H,24,26)/t20-/m0/s1. The second-order valence-electron chi connectivity index (χ2n) is 5.92. The second-order valence-corrected chi connectivity index (χ2v) is 6.35. The fourth-order valence-electron chi connectivity index (χ4n) is 2.68. The van der Waals surface area contributed by atoms with Crippen LogP contribution in [0.25, 0.3) is 0 Å². The number of hydrogen-bond acceptors (Lipinski definition) is 3. The van der Waals surface area contributed by atoms with Gasteiger partial charge in [0.05, 0.1) is 7.11 Å². The lowest BCUT2D eigenvalue weighted by Gasteiger charge is -2.19. The van der Waals surface area contributed by atoms with Gasteiger partial charge in [0.1, 0.15) is 11.8 Å². The number of benzene rings is 3. The van der Waals surface area contributed by atoms with Crippen LogP contribution in [0.3, 0.4) is 0 Å². The van der Waals surface area contributed by atoms with E-state index in [4.69, 9.17) is 16.3 Å². The molecule has 136 valence electrons. The van der Waals surface area contributed by atoms with E-state index in [1.54, 1.807) is 79.9 Å². The Kier molecular flexibility index (Phi) is 5.89. The topological polar surface area (TPSA) is 55.4 Å². The molecule has 3 aromatic carbocycles. The van der Waals surface area contributed by atoms with Gasteiger partial charge in [0.15, 0.2) is 5.78 Å². The molecular weight excluding hydrogens is 362 g/mol. The number of Topliss-reactive ketones (excluding diaryl/α,β-unsaturated/α-hetero) is 1. The minimum Gasteiger partial charge on any atom is -0.497 e. The Hall–Kier alpha value is -3.11. The second kappa shape index (κ2) is 8.52. The Morgan fingerprint density at radius 2 is 1.48 bits per heavy atom. The quantitative estimate of drug-likeness (QED) is 0.631. The number of ketones is 1. The molecule has 1 amide bonds. The van der Waals surface area contributed by atoms with E-state index in [0.29, 0.717) is 27.5 Å². The molecule has 0 fully saturated rings. The third-order valence-corrected chi connectivity index (χ3v) is 4.40. The normalized spacial score (nSPS) is 11.5. The van der Waals surface area contributed by atoms with E-state index in [0.717, 1.165) is 0 Å². The molecule has 0 bridgehead atoms. The molecule has 0 aliphatic rings. The number of amides is 1. The third-order valence-electron chi connectivity index (χ3n) is 4.15. The van der Waals surface area contributed by atoms with Crippen molar-refractivity contribution in [3.05, 3.63) is 101 Å². The number of halogens is 1. The molecule has 0 radical (unpaired) electrons. The van der Waals surface area contributed by atoms with Crippen LogP contribution in [0.15, 0.2) is 78.9 Å². The highest BCUT2D eigenvalue weighted by Gasteiger charge is 2.24. The zero-order chi connectivity index (χ0) is 19.2. The highest BCUT2D eigenvalue weighted by atomic mass is 35.5. The number of carbonyl (C=O) groups excluding carboxylic acids is 2. The van der Waals surface area contributed by atoms with Gasteiger partial charge in [-0.05, 0) is 54.1 Å². The summed E-state index contributed by atoms with van der Waals surface area (Å²) in [7, 11) is 1.57. The van der Waals surface area contributed by atoms with Crippen molar-refractivity contribution in [3.63, 3.8) is 0 Å². The highest BCUT2D eigenvalue weighted by molar-refractivity contribution is 6.30. The lowest BCUT2D eigenvalue weighted by Crippen LogP contribution is -2.34. The maximum Gasteiger partial charge on any atom is 0.252 e. The van der Waals surface area contributed by atoms with Gasteiger partial charge in [-0.2, -0.15) is 0 Å². The van der Waals surface area contributed by atoms with Gasteiger partial charge in [-0.1, -0.05) is 41.9 Å². The summed E-state index contributed by atoms with van der Waals surface area (Å²) in [5, 5.41) is 3.38. The third kappa shape index (κ3) is 4.54. The van der Waals surface area contributed by atoms with Crippen LogP contribution in [-0.2, 0) is 0 Å². The largest absolute Gasteiger partial charge is 0.497 e. The Labute approximate surface area is 162 Å². The zero-order valence-corrected chi connectivity index (χ0v) is 15.4. The Bertz CT molecular complexity index is 922. The van der Waals surface area contributed by atoms with Gasteiger partial charge in [-0.25, -0.2) is 0 Å². The summed E-state index contributed by atoms with van der Waals surface area (Å²) in [4.78, 5) is 25.7. The molecule has 3 rings (SSSR count). The van der Waals surface area contributed by atoms with E-state index < -0.39 is 6.04 Å². The maximum atomic E-state index is 13.1. The monoisotopic (exact) mass is 379 g/mol. The van der Waals surface area contributed by atoms with Crippen LogP contribution in [0.1, 0.15) is 32.3 Å². The van der Waals surface area contributed by atoms with E-state index in [1.807, 2.05) is 6.07 Å². The van der Waals surface area contributed by atoms with E-state index in [9.17, 15) is 9.59 Å². The lowest BCUT2D eigenvalue weighted by atomic mass is 9.97. The molecule has 0 spiro atoms. The molecule has 0 heterocycles. The van der Waals surface area contributed by atoms with Crippen LogP contribution in [0.4, 0.5) is 0 Å². The number of ether oxygens (including phenoxy) is 1. The molecule has 27 heavy (non-hydrogen) atoms. The first kappa shape index (κ1) is 18.7. The fourth-order valence-corrected chi connectivity index (χ4v) is 2.81. The van der Waals surface area contributed by atoms with Crippen molar-refractivity contribution in [2.75, 3.05) is 7.11 Å². The molecule has 0 unspecified atom stereocenters. The predicted molar refractivity (Wildman–Crippen MR) is 105 cm³/mol. The summed E-state index contributed by atoms with van der Waals surface area (Å²) in [6.07, 6.45) is 0. The highest BCUT2D eigenvalue weighted by Crippen LogP contribution is 2.23. The minimum atomic E-state index is -0.829. The fraction of sp³-hybridized carbons (Fsp3) is 0.0909. The van der Waals surface area contributed by atoms with Crippen molar-refractivity contribution in [2.45, 2.75) is 6.04 Å². The first-order chi connectivity index (χ1) is 13.1. The first-order valence-corrected chi connectivity index (χ1v) is 8.76. The van der Waals surface area contributed by atoms with Crippen molar-refractivity contribution in [1.82, 2.24) is 5.32 Å². The van der Waals surface area contributed by atoms with Crippen molar-refractivity contribution in [3.8, 4) is 5.75 Å². The van der Waals surface area contributed by atoms with Crippen LogP contribution in [0, 0.1) is 0 Å². The van der Waals surface area contributed by atoms with E-state index in [-0.39, 0.29) is 11.7 Å². The Morgan fingerprint density at radius 1 is 0.852 bits per heavy atom. The van der Waals surface area contributed by atoms with Gasteiger partial charge < -0.3 is 10.1 Å². The van der Waals surface area contributed by atoms with Crippen molar-refractivity contribution in [2.24, 2.45) is 0 Å². The van der Waals surface area contributed by atoms with Crippen molar-refractivity contribution >= 4 is 23.3 Å². The molecule has 5 heteroatoms. The summed E-state index contributed by atoms with van der Waals surface area (Å²) in [5.74, 6) is 0.130. The molecule has 0 saturated heterocycles. The zero-order valence-electron chi connectivity index (χ0n) is 14.7. The SMILES string of the molecule is COc1ccc([C@H](NC(=O)c2ccccc2)C(=O)c2ccc(Cl)cc2)cc1. The molecular formula is C22H18ClNO3. The number of methoxy groups -OCH3 is 1. The first-order valence-electron chi connectivity index (χ1n) is 8.38. The smallest absolute Gasteiger partial charge is 0.252 e. The van der Waals surface area contributed by atoms with Crippen molar-refractivity contribution in [1.29, 1.82) is 0 Å². The summed E-state index contributed by atoms with van der Waals surface area (Å²) in [6.45, 7) is 0. The van der Waals surface area contributed by atoms with Crippen LogP contribution in [-0.4, -0.2) is 18.8 Å². The average Bonchev–Trinajstić information content (AvgIpc) is 2.72. The Balaban J connectivity index is 1.93. The van der Waals surface area contributed by atoms with Gasteiger partial charge >= 0.3 is 0 Å². The van der Waals surface area contributed by atoms with Crippen LogP contribution >= 0.6 is 11.6 Å². The molecule has 0 aliphatic carbocycles. The number of rotatable bonds is 6. The summed E-state index contributed by atoms with van der Waals surface area (Å²) in [5.41, 5.74) is 1.62. The molecule has 0 aliphatic heterocycles. The maximum absolute atomic E-state index is 13.1. The predicted octanol–water partition coefficient (Wildman–Crippen LogP) is 4.70. The molecule has 1 atom stereocenters. The van der Waals surface area contributed by atoms with Crippen LogP contribution < -0.4 is 10.1 Å². The minimum absolute atomic E-state index is 0.221. The lowest BCUT2D eigenvalue weighted by molar-refractivity contribution is 0.0857. The number of carbonyl (C=O) groups is 2. The molecule has 1 N–H and O–H groups in total. The van der Waals surface area contributed by atoms with Gasteiger partial charge in [-0.15, -0.1) is 0 Å². The van der Waals surface area contributed by atoms with Gasteiger partial charge in [-0.3, -0.25) is 9.59 Å². The Morgan fingerprint density at radius 3 is 2.07 bits per heavy atom. The molecule has 4 nitrogen and oxygen atoms in total. The van der Waals surface area contributed by atoms with Crippen LogP contribution in [0.5, 0.6) is 5.75 Å². The van der Waals surface area contributed by atoms with E-state index in [1.165, 1.54) is 0 Å². The average molecular weight is 380 g/mol. The van der Waals surface area contributed by atoms with E-state index >= 15 is 0 Å². The van der Waals surface area contributed by atoms with Crippen LogP contribution in [0.2, 0.25) is 5.02 Å². The van der Waals surface area contributed by atoms with Crippen molar-refractivity contribution < 1.29 is 14.3 Å². The van der Waals surface area contributed by atoms with Gasteiger partial charge in [0.2, 0.25) is 0 Å². The summed E-state index contributed by atoms with van der Waals surface area (Å²) in [6, 6.07) is 21.6. The van der Waals surface area contributed by atoms with Gasteiger partial charge in [0, 0.05) is 16.1 Å². The molecule has 3 aromatic rings. The molecule has 0 aromatic heterocycles. The molecule has 0 saturated carbocycles. The summed E-state index contributed by atoms with van der Waals surface area (Å²) < 4.78 is 5.17. The number of hydrogen-bond donors (Lipinski definition) is 1. The summed E-state index contributed by atoms with van der Waals surface area (Å²) >= 11 is 5.92.